The highest BCUT2D eigenvalue weighted by Crippen LogP contribution is 2.40. The number of hydrogen-bond acceptors (Lipinski definition) is 3. The molecule has 0 unspecified atom stereocenters. The van der Waals surface area contributed by atoms with Crippen molar-refractivity contribution in [3.05, 3.63) is 113 Å². The van der Waals surface area contributed by atoms with Gasteiger partial charge in [-0.25, -0.2) is 0 Å². The predicted octanol–water partition coefficient (Wildman–Crippen LogP) is 10.3. The molecule has 1 fully saturated rings. The van der Waals surface area contributed by atoms with Crippen molar-refractivity contribution in [2.24, 2.45) is 5.92 Å². The summed E-state index contributed by atoms with van der Waals surface area (Å²) in [4.78, 5) is 18.1. The SMILES string of the molecule is CCOc1c2nc(cc3[nH]c(cc4nc(cc5[nH]c1cc5-c1ccc(C)cc1)C(C)(C)C4)cc3-c1ccc(CC3CC3)cc1)C(C)(C)C2. The summed E-state index contributed by atoms with van der Waals surface area (Å²) in [7, 11) is 0. The van der Waals surface area contributed by atoms with Crippen LogP contribution in [0, 0.1) is 12.8 Å². The molecule has 48 heavy (non-hydrogen) atoms. The van der Waals surface area contributed by atoms with E-state index in [1.807, 2.05) is 6.92 Å². The molecule has 0 saturated heterocycles. The second-order valence-corrected chi connectivity index (χ2v) is 15.5. The average molecular weight is 635 g/mol. The van der Waals surface area contributed by atoms with Crippen molar-refractivity contribution in [2.75, 3.05) is 6.61 Å². The molecule has 5 heterocycles. The van der Waals surface area contributed by atoms with Gasteiger partial charge in [0.2, 0.25) is 0 Å². The van der Waals surface area contributed by atoms with Gasteiger partial charge in [0.15, 0.2) is 5.75 Å². The van der Waals surface area contributed by atoms with Gasteiger partial charge in [0, 0.05) is 68.4 Å². The van der Waals surface area contributed by atoms with Crippen LogP contribution in [-0.2, 0) is 30.1 Å². The van der Waals surface area contributed by atoms with E-state index in [1.165, 1.54) is 41.5 Å². The van der Waals surface area contributed by atoms with Gasteiger partial charge in [0.05, 0.1) is 17.8 Å². The topological polar surface area (TPSA) is 66.6 Å². The highest BCUT2D eigenvalue weighted by Gasteiger charge is 2.32. The monoisotopic (exact) mass is 634 g/mol. The van der Waals surface area contributed by atoms with Crippen LogP contribution in [-0.4, -0.2) is 26.5 Å². The molecule has 1 saturated carbocycles. The Hall–Kier alpha value is -4.64. The highest BCUT2D eigenvalue weighted by atomic mass is 16.5. The van der Waals surface area contributed by atoms with Gasteiger partial charge in [-0.3, -0.25) is 9.97 Å². The number of hydrogen-bond donors (Lipinski definition) is 2. The zero-order valence-electron chi connectivity index (χ0n) is 29.1. The van der Waals surface area contributed by atoms with E-state index in [2.05, 4.69) is 123 Å². The predicted molar refractivity (Wildman–Crippen MR) is 198 cm³/mol. The lowest BCUT2D eigenvalue weighted by molar-refractivity contribution is 0.337. The molecular formula is C43H46N4O. The van der Waals surface area contributed by atoms with E-state index >= 15 is 0 Å². The molecule has 0 radical (unpaired) electrons. The minimum atomic E-state index is -0.170. The van der Waals surface area contributed by atoms with E-state index in [0.29, 0.717) is 6.61 Å². The molecule has 3 aliphatic rings. The van der Waals surface area contributed by atoms with Gasteiger partial charge in [-0.2, -0.15) is 0 Å². The Bertz CT molecular complexity index is 2180. The lowest BCUT2D eigenvalue weighted by atomic mass is 9.86. The van der Waals surface area contributed by atoms with Crippen LogP contribution in [0.5, 0.6) is 5.75 Å². The van der Waals surface area contributed by atoms with Crippen molar-refractivity contribution in [3.63, 3.8) is 0 Å². The first-order valence-corrected chi connectivity index (χ1v) is 17.6. The number of aromatic amines is 2. The molecule has 8 bridgehead atoms. The number of benzene rings is 2. The van der Waals surface area contributed by atoms with Crippen LogP contribution in [0.2, 0.25) is 0 Å². The molecule has 2 aliphatic heterocycles. The maximum atomic E-state index is 6.45. The minimum Gasteiger partial charge on any atom is -0.490 e. The molecule has 1 aliphatic carbocycles. The first-order valence-electron chi connectivity index (χ1n) is 17.6. The highest BCUT2D eigenvalue weighted by molar-refractivity contribution is 5.88. The van der Waals surface area contributed by atoms with Crippen LogP contribution in [0.1, 0.15) is 81.4 Å². The summed E-state index contributed by atoms with van der Waals surface area (Å²) in [6, 6.07) is 29.2. The molecule has 5 heteroatoms. The molecule has 244 valence electrons. The fraction of sp³-hybridized carbons (Fsp3) is 0.349. The smallest absolute Gasteiger partial charge is 0.164 e. The third-order valence-electron chi connectivity index (χ3n) is 10.4. The van der Waals surface area contributed by atoms with Crippen molar-refractivity contribution < 1.29 is 4.74 Å². The van der Waals surface area contributed by atoms with Crippen LogP contribution in [0.25, 0.3) is 44.3 Å². The fourth-order valence-corrected chi connectivity index (χ4v) is 7.39. The van der Waals surface area contributed by atoms with Crippen molar-refractivity contribution in [2.45, 2.75) is 84.5 Å². The Morgan fingerprint density at radius 1 is 0.708 bits per heavy atom. The van der Waals surface area contributed by atoms with Gasteiger partial charge in [0.1, 0.15) is 0 Å². The van der Waals surface area contributed by atoms with Crippen LogP contribution in [0.15, 0.2) is 78.9 Å². The zero-order chi connectivity index (χ0) is 33.2. The molecule has 5 aromatic rings. The van der Waals surface area contributed by atoms with Crippen LogP contribution >= 0.6 is 0 Å². The quantitative estimate of drug-likeness (QED) is 0.195. The molecule has 2 aromatic carbocycles. The first kappa shape index (κ1) is 30.7. The Labute approximate surface area is 283 Å². The summed E-state index contributed by atoms with van der Waals surface area (Å²) in [5, 5.41) is 0. The Morgan fingerprint density at radius 3 is 2.02 bits per heavy atom. The maximum Gasteiger partial charge on any atom is 0.164 e. The molecular weight excluding hydrogens is 589 g/mol. The van der Waals surface area contributed by atoms with E-state index in [4.69, 9.17) is 14.7 Å². The van der Waals surface area contributed by atoms with E-state index < -0.39 is 0 Å². The van der Waals surface area contributed by atoms with Gasteiger partial charge in [-0.05, 0) is 86.1 Å². The standard InChI is InChI=1S/C43H46N4O/c1-7-48-41-37-21-34(29-14-8-26(2)9-15-29)36(46-37)23-39-42(3,4)24-32(45-39)19-31-20-33(30-16-12-28(13-17-30)18-27-10-11-27)35(44-31)22-40-43(5,6)25-38(41)47-40/h8-9,12-17,19-23,27,44,46H,7,10-11,18,24-25H2,1-6H3. The van der Waals surface area contributed by atoms with Gasteiger partial charge in [0.25, 0.3) is 0 Å². The second kappa shape index (κ2) is 11.5. The van der Waals surface area contributed by atoms with Crippen LogP contribution in [0.4, 0.5) is 0 Å². The summed E-state index contributed by atoms with van der Waals surface area (Å²) < 4.78 is 6.45. The van der Waals surface area contributed by atoms with Crippen molar-refractivity contribution in [3.8, 4) is 28.0 Å². The molecule has 8 rings (SSSR count). The summed E-state index contributed by atoms with van der Waals surface area (Å²) in [5.41, 5.74) is 15.4. The van der Waals surface area contributed by atoms with Crippen LogP contribution < -0.4 is 4.74 Å². The average Bonchev–Trinajstić information content (AvgIpc) is 3.35. The molecule has 2 N–H and O–H groups in total. The van der Waals surface area contributed by atoms with Crippen LogP contribution in [0.3, 0.4) is 0 Å². The fourth-order valence-electron chi connectivity index (χ4n) is 7.39. The number of aromatic nitrogens is 4. The van der Waals surface area contributed by atoms with Crippen molar-refractivity contribution >= 4 is 22.1 Å². The van der Waals surface area contributed by atoms with Gasteiger partial charge in [-0.1, -0.05) is 81.8 Å². The first-order chi connectivity index (χ1) is 23.0. The third-order valence-corrected chi connectivity index (χ3v) is 10.4. The lowest BCUT2D eigenvalue weighted by Gasteiger charge is -2.16. The Morgan fingerprint density at radius 2 is 1.33 bits per heavy atom. The maximum absolute atomic E-state index is 6.45. The summed E-state index contributed by atoms with van der Waals surface area (Å²) in [6.45, 7) is 13.9. The largest absolute Gasteiger partial charge is 0.490 e. The van der Waals surface area contributed by atoms with Crippen molar-refractivity contribution in [1.29, 1.82) is 0 Å². The Balaban J connectivity index is 1.41. The number of ether oxygens (including phenoxy) is 1. The number of rotatable bonds is 6. The van der Waals surface area contributed by atoms with Gasteiger partial charge >= 0.3 is 0 Å². The van der Waals surface area contributed by atoms with E-state index in [0.717, 1.165) is 80.5 Å². The minimum absolute atomic E-state index is 0.118. The lowest BCUT2D eigenvalue weighted by Crippen LogP contribution is -2.15. The molecule has 0 atom stereocenters. The number of nitrogens with zero attached hydrogens (tertiary/aromatic N) is 2. The van der Waals surface area contributed by atoms with Gasteiger partial charge in [-0.15, -0.1) is 0 Å². The number of aryl methyl sites for hydroxylation is 1. The van der Waals surface area contributed by atoms with E-state index in [9.17, 15) is 0 Å². The molecule has 5 nitrogen and oxygen atoms in total. The zero-order valence-corrected chi connectivity index (χ0v) is 29.1. The molecule has 0 amide bonds. The van der Waals surface area contributed by atoms with Gasteiger partial charge < -0.3 is 14.7 Å². The molecule has 0 spiro atoms. The number of nitrogens with one attached hydrogen (secondary N) is 2. The summed E-state index contributed by atoms with van der Waals surface area (Å²) in [6.07, 6.45) is 5.58. The van der Waals surface area contributed by atoms with Crippen molar-refractivity contribution in [1.82, 2.24) is 19.9 Å². The normalized spacial score (nSPS) is 16.6. The Kier molecular flexibility index (Phi) is 7.35. The summed E-state index contributed by atoms with van der Waals surface area (Å²) >= 11 is 0. The third kappa shape index (κ3) is 5.85. The number of fused-ring (bicyclic) bond motifs is 8. The molecule has 3 aromatic heterocycles. The van der Waals surface area contributed by atoms with E-state index in [-0.39, 0.29) is 10.8 Å². The number of H-pyrrole nitrogens is 2. The summed E-state index contributed by atoms with van der Waals surface area (Å²) in [5.74, 6) is 1.69. The second-order valence-electron chi connectivity index (χ2n) is 15.5. The van der Waals surface area contributed by atoms with E-state index in [1.54, 1.807) is 0 Å².